The smallest absolute Gasteiger partial charge is 0.277 e. The van der Waals surface area contributed by atoms with E-state index in [2.05, 4.69) is 73.6 Å². The number of aryl methyl sites for hydroxylation is 1. The van der Waals surface area contributed by atoms with E-state index < -0.39 is 0 Å². The van der Waals surface area contributed by atoms with Crippen molar-refractivity contribution < 1.29 is 9.53 Å². The summed E-state index contributed by atoms with van der Waals surface area (Å²) >= 11 is 8.47. The average molecular weight is 534 g/mol. The monoisotopic (exact) mass is 532 g/mol. The van der Waals surface area contributed by atoms with Gasteiger partial charge in [-0.15, -0.1) is 0 Å². The molecule has 0 aliphatic rings. The number of benzene rings is 3. The lowest BCUT2D eigenvalue weighted by Gasteiger charge is -2.07. The van der Waals surface area contributed by atoms with Crippen molar-refractivity contribution in [3.63, 3.8) is 0 Å². The largest absolute Gasteiger partial charge is 0.483 e. The maximum absolute atomic E-state index is 11.9. The topological polar surface area (TPSA) is 50.7 Å². The summed E-state index contributed by atoms with van der Waals surface area (Å²) < 4.78 is 7.17. The molecule has 0 saturated carbocycles. The van der Waals surface area contributed by atoms with Crippen molar-refractivity contribution in [1.29, 1.82) is 0 Å². The molecule has 1 amide bonds. The predicted molar refractivity (Wildman–Crippen MR) is 125 cm³/mol. The summed E-state index contributed by atoms with van der Waals surface area (Å²) in [4.78, 5) is 14.2. The number of amides is 1. The summed E-state index contributed by atoms with van der Waals surface area (Å²) in [6, 6.07) is 21.9. The summed E-state index contributed by atoms with van der Waals surface area (Å²) in [5.74, 6) is 0.261. The maximum Gasteiger partial charge on any atom is 0.277 e. The quantitative estimate of drug-likeness (QED) is 0.290. The molecule has 3 aromatic carbocycles. The van der Waals surface area contributed by atoms with Crippen LogP contribution < -0.4 is 10.2 Å². The van der Waals surface area contributed by atoms with Gasteiger partial charge in [-0.3, -0.25) is 4.79 Å². The fraction of sp³-hybridized carbons (Fsp3) is 0.0909. The summed E-state index contributed by atoms with van der Waals surface area (Å²) in [6.07, 6.45) is 1.60. The highest BCUT2D eigenvalue weighted by Crippen LogP contribution is 2.28. The number of hydrogen-bond donors (Lipinski definition) is 1. The number of carbonyl (C=O) groups excluding carboxylic acids is 1. The SMILES string of the molecule is Cc1ccc(Sc2ccc(/C=N/NC(=O)COc3ccc(Br)cc3Br)cc2)cc1. The van der Waals surface area contributed by atoms with Crippen molar-refractivity contribution in [2.75, 3.05) is 6.61 Å². The first kappa shape index (κ1) is 21.6. The van der Waals surface area contributed by atoms with Gasteiger partial charge in [0.25, 0.3) is 5.91 Å². The van der Waals surface area contributed by atoms with Gasteiger partial charge in [0.05, 0.1) is 10.7 Å². The molecule has 148 valence electrons. The van der Waals surface area contributed by atoms with Gasteiger partial charge >= 0.3 is 0 Å². The summed E-state index contributed by atoms with van der Waals surface area (Å²) in [6.45, 7) is 1.96. The third kappa shape index (κ3) is 7.03. The van der Waals surface area contributed by atoms with Gasteiger partial charge in [0, 0.05) is 14.3 Å². The molecule has 0 aliphatic carbocycles. The minimum absolute atomic E-state index is 0.121. The molecule has 0 spiro atoms. The Bertz CT molecular complexity index is 1010. The molecule has 0 atom stereocenters. The molecule has 29 heavy (non-hydrogen) atoms. The minimum atomic E-state index is -0.331. The zero-order valence-corrected chi connectivity index (χ0v) is 19.6. The molecule has 0 fully saturated rings. The molecule has 0 radical (unpaired) electrons. The standard InChI is InChI=1S/C22H18Br2N2O2S/c1-15-2-7-18(8-3-15)29-19-9-4-16(5-10-19)13-25-26-22(27)14-28-21-11-6-17(23)12-20(21)24/h2-13H,14H2,1H3,(H,26,27)/b25-13+. The van der Waals surface area contributed by atoms with E-state index in [0.29, 0.717) is 5.75 Å². The fourth-order valence-corrected chi connectivity index (χ4v) is 4.29. The highest BCUT2D eigenvalue weighted by Gasteiger charge is 2.05. The molecule has 0 aromatic heterocycles. The minimum Gasteiger partial charge on any atom is -0.483 e. The molecule has 0 aliphatic heterocycles. The summed E-state index contributed by atoms with van der Waals surface area (Å²) in [5, 5.41) is 3.98. The fourth-order valence-electron chi connectivity index (χ4n) is 2.31. The molecule has 4 nitrogen and oxygen atoms in total. The highest BCUT2D eigenvalue weighted by molar-refractivity contribution is 9.11. The second-order valence-corrected chi connectivity index (χ2v) is 9.06. The van der Waals surface area contributed by atoms with E-state index in [9.17, 15) is 4.79 Å². The molecule has 0 bridgehead atoms. The number of carbonyl (C=O) groups is 1. The van der Waals surface area contributed by atoms with Crippen LogP contribution in [0.2, 0.25) is 0 Å². The van der Waals surface area contributed by atoms with Gasteiger partial charge < -0.3 is 4.74 Å². The van der Waals surface area contributed by atoms with E-state index >= 15 is 0 Å². The Morgan fingerprint density at radius 3 is 2.34 bits per heavy atom. The molecule has 0 unspecified atom stereocenters. The molecule has 0 heterocycles. The van der Waals surface area contributed by atoms with E-state index in [0.717, 1.165) is 19.4 Å². The van der Waals surface area contributed by atoms with Crippen molar-refractivity contribution in [1.82, 2.24) is 5.43 Å². The number of rotatable bonds is 7. The normalized spacial score (nSPS) is 10.9. The molecule has 7 heteroatoms. The first-order valence-corrected chi connectivity index (χ1v) is 11.1. The van der Waals surface area contributed by atoms with Crippen LogP contribution >= 0.6 is 43.6 Å². The first-order chi connectivity index (χ1) is 14.0. The van der Waals surface area contributed by atoms with Gasteiger partial charge in [0.2, 0.25) is 0 Å². The zero-order chi connectivity index (χ0) is 20.6. The Kier molecular flexibility index (Phi) is 7.91. The van der Waals surface area contributed by atoms with E-state index in [1.54, 1.807) is 24.0 Å². The molecular weight excluding hydrogens is 516 g/mol. The van der Waals surface area contributed by atoms with Crippen LogP contribution in [0.5, 0.6) is 5.75 Å². The molecular formula is C22H18Br2N2O2S. The van der Waals surface area contributed by atoms with Crippen molar-refractivity contribution in [3.8, 4) is 5.75 Å². The number of hydrazone groups is 1. The van der Waals surface area contributed by atoms with Crippen molar-refractivity contribution in [2.24, 2.45) is 5.10 Å². The van der Waals surface area contributed by atoms with E-state index in [1.807, 2.05) is 36.4 Å². The number of nitrogens with one attached hydrogen (secondary N) is 1. The Labute approximate surface area is 191 Å². The Morgan fingerprint density at radius 2 is 1.69 bits per heavy atom. The number of halogens is 2. The van der Waals surface area contributed by atoms with Crippen LogP contribution in [0.15, 0.2) is 90.6 Å². The van der Waals surface area contributed by atoms with Crippen LogP contribution in [-0.4, -0.2) is 18.7 Å². The molecule has 3 rings (SSSR count). The van der Waals surface area contributed by atoms with Gasteiger partial charge in [-0.2, -0.15) is 5.10 Å². The van der Waals surface area contributed by atoms with E-state index in [4.69, 9.17) is 4.74 Å². The average Bonchev–Trinajstić information content (AvgIpc) is 2.70. The maximum atomic E-state index is 11.9. The van der Waals surface area contributed by atoms with Gasteiger partial charge in [0.15, 0.2) is 6.61 Å². The lowest BCUT2D eigenvalue weighted by Crippen LogP contribution is -2.24. The Balaban J connectivity index is 1.47. The summed E-state index contributed by atoms with van der Waals surface area (Å²) in [7, 11) is 0. The van der Waals surface area contributed by atoms with Gasteiger partial charge in [-0.1, -0.05) is 57.5 Å². The number of ether oxygens (including phenoxy) is 1. The zero-order valence-electron chi connectivity index (χ0n) is 15.6. The first-order valence-electron chi connectivity index (χ1n) is 8.74. The highest BCUT2D eigenvalue weighted by atomic mass is 79.9. The van der Waals surface area contributed by atoms with Crippen LogP contribution in [0.1, 0.15) is 11.1 Å². The third-order valence-electron chi connectivity index (χ3n) is 3.79. The van der Waals surface area contributed by atoms with Crippen molar-refractivity contribution in [3.05, 3.63) is 86.8 Å². The summed E-state index contributed by atoms with van der Waals surface area (Å²) in [5.41, 5.74) is 4.61. The van der Waals surface area contributed by atoms with E-state index in [-0.39, 0.29) is 12.5 Å². The second-order valence-electron chi connectivity index (χ2n) is 6.14. The van der Waals surface area contributed by atoms with Crippen LogP contribution in [-0.2, 0) is 4.79 Å². The third-order valence-corrected chi connectivity index (χ3v) is 5.92. The number of nitrogens with zero attached hydrogens (tertiary/aromatic N) is 1. The molecule has 3 aromatic rings. The van der Waals surface area contributed by atoms with E-state index in [1.165, 1.54) is 10.5 Å². The predicted octanol–water partition coefficient (Wildman–Crippen LogP) is 6.20. The van der Waals surface area contributed by atoms with Crippen LogP contribution in [0.25, 0.3) is 0 Å². The molecule has 1 N–H and O–H groups in total. The van der Waals surface area contributed by atoms with Gasteiger partial charge in [-0.25, -0.2) is 5.43 Å². The van der Waals surface area contributed by atoms with Gasteiger partial charge in [0.1, 0.15) is 5.75 Å². The Hall–Kier alpha value is -2.09. The van der Waals surface area contributed by atoms with Crippen LogP contribution in [0.4, 0.5) is 0 Å². The lowest BCUT2D eigenvalue weighted by molar-refractivity contribution is -0.123. The second kappa shape index (κ2) is 10.6. The Morgan fingerprint density at radius 1 is 1.03 bits per heavy atom. The van der Waals surface area contributed by atoms with Crippen LogP contribution in [0, 0.1) is 6.92 Å². The van der Waals surface area contributed by atoms with Crippen molar-refractivity contribution >= 4 is 55.7 Å². The van der Waals surface area contributed by atoms with Crippen molar-refractivity contribution in [2.45, 2.75) is 16.7 Å². The molecule has 0 saturated heterocycles. The number of hydrogen-bond acceptors (Lipinski definition) is 4. The lowest BCUT2D eigenvalue weighted by atomic mass is 10.2. The van der Waals surface area contributed by atoms with Gasteiger partial charge in [-0.05, 0) is 70.9 Å². The van der Waals surface area contributed by atoms with Crippen LogP contribution in [0.3, 0.4) is 0 Å².